The van der Waals surface area contributed by atoms with E-state index in [-0.39, 0.29) is 45.6 Å². The summed E-state index contributed by atoms with van der Waals surface area (Å²) in [5.74, 6) is -1.56. The fraction of sp³-hybridized carbons (Fsp3) is 0.346. The fourth-order valence-electron chi connectivity index (χ4n) is 4.69. The van der Waals surface area contributed by atoms with Crippen LogP contribution in [0.1, 0.15) is 61.4 Å². The van der Waals surface area contributed by atoms with Crippen LogP contribution in [0.4, 0.5) is 0 Å². The lowest BCUT2D eigenvalue weighted by atomic mass is 9.70. The lowest BCUT2D eigenvalue weighted by molar-refractivity contribution is -0.123. The summed E-state index contributed by atoms with van der Waals surface area (Å²) in [5.41, 5.74) is -1.14. The van der Waals surface area contributed by atoms with Gasteiger partial charge in [-0.25, -0.2) is 0 Å². The van der Waals surface area contributed by atoms with Gasteiger partial charge in [-0.15, -0.1) is 0 Å². The third-order valence-electron chi connectivity index (χ3n) is 6.63. The van der Waals surface area contributed by atoms with Crippen molar-refractivity contribution in [3.8, 4) is 17.2 Å². The van der Waals surface area contributed by atoms with E-state index in [0.29, 0.717) is 18.5 Å². The summed E-state index contributed by atoms with van der Waals surface area (Å²) in [6.45, 7) is 7.86. The van der Waals surface area contributed by atoms with Crippen molar-refractivity contribution in [2.24, 2.45) is 0 Å². The molecular weight excluding hydrogens is 438 g/mol. The van der Waals surface area contributed by atoms with Crippen LogP contribution in [0.15, 0.2) is 45.9 Å². The van der Waals surface area contributed by atoms with Crippen molar-refractivity contribution in [3.05, 3.63) is 64.0 Å². The summed E-state index contributed by atoms with van der Waals surface area (Å²) < 4.78 is 11.1. The highest BCUT2D eigenvalue weighted by Gasteiger charge is 2.56. The number of furan rings is 1. The number of rotatable bonds is 6. The number of ether oxygens (including phenoxy) is 1. The Morgan fingerprint density at radius 2 is 1.91 bits per heavy atom. The lowest BCUT2D eigenvalue weighted by Crippen LogP contribution is -2.41. The molecule has 0 spiro atoms. The largest absolute Gasteiger partial charge is 0.507 e. The van der Waals surface area contributed by atoms with Gasteiger partial charge in [0, 0.05) is 29.8 Å². The standard InChI is InChI=1S/C26H27NO7/c1-12(8-9-16-7-6-10-33-16)27-14(3)19-17(29)11-18-26(5,25(19)32)21-23(31)13(2)22(30)20(15(4)28)24(21)34-18/h6-7,10-12,27,30-31H,8-9H2,1-5H3/b19-14+/t12-,26+/m1/s1. The molecule has 4 rings (SSSR count). The minimum absolute atomic E-state index is 0.0164. The normalized spacial score (nSPS) is 21.4. The summed E-state index contributed by atoms with van der Waals surface area (Å²) >= 11 is 0. The van der Waals surface area contributed by atoms with Crippen LogP contribution in [0.25, 0.3) is 0 Å². The van der Waals surface area contributed by atoms with Gasteiger partial charge in [-0.2, -0.15) is 0 Å². The van der Waals surface area contributed by atoms with E-state index in [0.717, 1.165) is 5.76 Å². The number of fused-ring (bicyclic) bond motifs is 3. The maximum Gasteiger partial charge on any atom is 0.194 e. The van der Waals surface area contributed by atoms with Gasteiger partial charge in [0.25, 0.3) is 0 Å². The highest BCUT2D eigenvalue weighted by Crippen LogP contribution is 2.57. The van der Waals surface area contributed by atoms with Crippen LogP contribution >= 0.6 is 0 Å². The molecule has 0 fully saturated rings. The molecule has 0 saturated heterocycles. The predicted molar refractivity (Wildman–Crippen MR) is 123 cm³/mol. The molecule has 1 aromatic carbocycles. The average Bonchev–Trinajstić information content (AvgIpc) is 3.37. The van der Waals surface area contributed by atoms with Crippen molar-refractivity contribution >= 4 is 17.3 Å². The molecular formula is C26H27NO7. The molecule has 0 saturated carbocycles. The number of allylic oxidation sites excluding steroid dienone is 4. The lowest BCUT2D eigenvalue weighted by Gasteiger charge is -2.29. The van der Waals surface area contributed by atoms with Crippen LogP contribution in [0.3, 0.4) is 0 Å². The van der Waals surface area contributed by atoms with Crippen LogP contribution < -0.4 is 10.1 Å². The number of carbonyl (C=O) groups excluding carboxylic acids is 3. The van der Waals surface area contributed by atoms with Gasteiger partial charge in [0.15, 0.2) is 17.3 Å². The summed E-state index contributed by atoms with van der Waals surface area (Å²) in [6.07, 6.45) is 4.23. The van der Waals surface area contributed by atoms with Crippen molar-refractivity contribution in [1.82, 2.24) is 5.32 Å². The van der Waals surface area contributed by atoms with Gasteiger partial charge in [0.2, 0.25) is 0 Å². The molecule has 34 heavy (non-hydrogen) atoms. The zero-order valence-corrected chi connectivity index (χ0v) is 19.7. The molecule has 2 heterocycles. The molecule has 178 valence electrons. The van der Waals surface area contributed by atoms with E-state index in [1.807, 2.05) is 19.1 Å². The second-order valence-corrected chi connectivity index (χ2v) is 9.05. The number of phenolic OH excluding ortho intramolecular Hbond substituents is 2. The van der Waals surface area contributed by atoms with Gasteiger partial charge in [-0.05, 0) is 53.2 Å². The molecule has 0 unspecified atom stereocenters. The maximum atomic E-state index is 13.8. The number of aromatic hydroxyl groups is 2. The second-order valence-electron chi connectivity index (χ2n) is 9.05. The average molecular weight is 466 g/mol. The van der Waals surface area contributed by atoms with E-state index in [9.17, 15) is 24.6 Å². The number of hydrogen-bond donors (Lipinski definition) is 3. The van der Waals surface area contributed by atoms with Crippen LogP contribution in [0, 0.1) is 6.92 Å². The fourth-order valence-corrected chi connectivity index (χ4v) is 4.69. The zero-order valence-electron chi connectivity index (χ0n) is 19.7. The van der Waals surface area contributed by atoms with E-state index < -0.39 is 28.5 Å². The van der Waals surface area contributed by atoms with Crippen molar-refractivity contribution in [1.29, 1.82) is 0 Å². The highest BCUT2D eigenvalue weighted by molar-refractivity contribution is 6.31. The Hall–Kier alpha value is -3.81. The minimum Gasteiger partial charge on any atom is -0.507 e. The number of Topliss-reactive ketones (excluding diaryl/α,β-unsaturated/α-hetero) is 2. The molecule has 1 aliphatic carbocycles. The summed E-state index contributed by atoms with van der Waals surface area (Å²) in [7, 11) is 0. The Bertz CT molecular complexity index is 1280. The number of nitrogens with one attached hydrogen (secondary N) is 1. The number of benzene rings is 1. The van der Waals surface area contributed by atoms with Gasteiger partial charge >= 0.3 is 0 Å². The summed E-state index contributed by atoms with van der Waals surface area (Å²) in [4.78, 5) is 39.0. The first-order chi connectivity index (χ1) is 16.0. The van der Waals surface area contributed by atoms with E-state index in [1.165, 1.54) is 19.9 Å². The molecule has 0 bridgehead atoms. The Kier molecular flexibility index (Phi) is 5.63. The van der Waals surface area contributed by atoms with Crippen molar-refractivity contribution < 1.29 is 33.8 Å². The number of phenols is 2. The Labute approximate surface area is 196 Å². The number of carbonyl (C=O) groups is 3. The first-order valence-corrected chi connectivity index (χ1v) is 11.1. The first-order valence-electron chi connectivity index (χ1n) is 11.1. The SMILES string of the molecule is CC(=O)c1c(O)c(C)c(O)c2c1OC1=CC(=O)/C(=C(/C)N[C@H](C)CCc3ccco3)C(=O)[C@@]12C. The molecule has 8 heteroatoms. The van der Waals surface area contributed by atoms with Crippen LogP contribution in [-0.4, -0.2) is 33.6 Å². The number of ketones is 3. The number of hydrogen-bond acceptors (Lipinski definition) is 8. The molecule has 1 aromatic heterocycles. The third-order valence-corrected chi connectivity index (χ3v) is 6.63. The molecule has 3 N–H and O–H groups in total. The van der Waals surface area contributed by atoms with Crippen molar-refractivity contribution in [3.63, 3.8) is 0 Å². The second kappa shape index (κ2) is 8.20. The Balaban J connectivity index is 1.74. The van der Waals surface area contributed by atoms with Gasteiger partial charge in [0.1, 0.15) is 39.7 Å². The van der Waals surface area contributed by atoms with Crippen molar-refractivity contribution in [2.45, 2.75) is 58.9 Å². The Morgan fingerprint density at radius 3 is 2.53 bits per heavy atom. The predicted octanol–water partition coefficient (Wildman–Crippen LogP) is 3.77. The topological polar surface area (TPSA) is 126 Å². The van der Waals surface area contributed by atoms with Gasteiger partial charge < -0.3 is 24.7 Å². The van der Waals surface area contributed by atoms with Crippen LogP contribution in [0.2, 0.25) is 0 Å². The molecule has 8 nitrogen and oxygen atoms in total. The Morgan fingerprint density at radius 1 is 1.21 bits per heavy atom. The molecule has 2 atom stereocenters. The van der Waals surface area contributed by atoms with Gasteiger partial charge in [-0.3, -0.25) is 14.4 Å². The summed E-state index contributed by atoms with van der Waals surface area (Å²) in [6, 6.07) is 3.65. The smallest absolute Gasteiger partial charge is 0.194 e. The van der Waals surface area contributed by atoms with Crippen molar-refractivity contribution in [2.75, 3.05) is 0 Å². The molecule has 1 aliphatic heterocycles. The minimum atomic E-state index is -1.52. The molecule has 2 aliphatic rings. The monoisotopic (exact) mass is 465 g/mol. The highest BCUT2D eigenvalue weighted by atomic mass is 16.5. The molecule has 0 radical (unpaired) electrons. The van der Waals surface area contributed by atoms with Gasteiger partial charge in [0.05, 0.1) is 17.4 Å². The van der Waals surface area contributed by atoms with E-state index in [2.05, 4.69) is 5.32 Å². The van der Waals surface area contributed by atoms with Crippen LogP contribution in [0.5, 0.6) is 17.2 Å². The zero-order chi connectivity index (χ0) is 24.9. The van der Waals surface area contributed by atoms with Crippen LogP contribution in [-0.2, 0) is 21.4 Å². The molecule has 0 amide bonds. The van der Waals surface area contributed by atoms with E-state index >= 15 is 0 Å². The summed E-state index contributed by atoms with van der Waals surface area (Å²) in [5, 5.41) is 24.5. The quantitative estimate of drug-likeness (QED) is 0.334. The van der Waals surface area contributed by atoms with Gasteiger partial charge in [-0.1, -0.05) is 0 Å². The maximum absolute atomic E-state index is 13.8. The first kappa shape index (κ1) is 23.4. The molecule has 2 aromatic rings. The van der Waals surface area contributed by atoms with E-state index in [4.69, 9.17) is 9.15 Å². The third kappa shape index (κ3) is 3.41. The number of aryl methyl sites for hydroxylation is 1. The van der Waals surface area contributed by atoms with E-state index in [1.54, 1.807) is 20.1 Å².